The van der Waals surface area contributed by atoms with Crippen LogP contribution in [0.4, 0.5) is 0 Å². The number of nitrogens with one attached hydrogen (secondary N) is 2. The van der Waals surface area contributed by atoms with Crippen molar-refractivity contribution >= 4 is 5.91 Å². The van der Waals surface area contributed by atoms with Crippen molar-refractivity contribution in [1.29, 1.82) is 0 Å². The first kappa shape index (κ1) is 9.43. The van der Waals surface area contributed by atoms with Gasteiger partial charge in [-0.3, -0.25) is 10.2 Å². The normalized spacial score (nSPS) is 10.0. The molecule has 0 aliphatic rings. The molecule has 10 heavy (non-hydrogen) atoms. The second-order valence-corrected chi connectivity index (χ2v) is 2.34. The summed E-state index contributed by atoms with van der Waals surface area (Å²) in [6.07, 6.45) is 2.08. The van der Waals surface area contributed by atoms with E-state index in [1.807, 2.05) is 0 Å². The molecule has 0 aromatic rings. The summed E-state index contributed by atoms with van der Waals surface area (Å²) in [6, 6.07) is 0.406. The maximum atomic E-state index is 10.4. The summed E-state index contributed by atoms with van der Waals surface area (Å²) in [5, 5.41) is 0. The number of hydrogen-bond donors (Lipinski definition) is 2. The second kappa shape index (κ2) is 5.23. The molecule has 0 unspecified atom stereocenters. The van der Waals surface area contributed by atoms with E-state index in [1.165, 1.54) is 6.92 Å². The van der Waals surface area contributed by atoms with Crippen molar-refractivity contribution in [2.45, 2.75) is 39.7 Å². The predicted octanol–water partition coefficient (Wildman–Crippen LogP) is 0.816. The molecule has 0 radical (unpaired) electrons. The molecule has 0 heterocycles. The highest BCUT2D eigenvalue weighted by Gasteiger charge is 2.00. The molecule has 0 aromatic heterocycles. The summed E-state index contributed by atoms with van der Waals surface area (Å²) in [6.45, 7) is 5.67. The molecule has 0 saturated carbocycles. The molecule has 0 aliphatic heterocycles. The van der Waals surface area contributed by atoms with Crippen molar-refractivity contribution in [3.8, 4) is 0 Å². The summed E-state index contributed by atoms with van der Waals surface area (Å²) < 4.78 is 0. The van der Waals surface area contributed by atoms with Crippen LogP contribution in [-0.2, 0) is 4.79 Å². The number of hydrazine groups is 1. The summed E-state index contributed by atoms with van der Waals surface area (Å²) >= 11 is 0. The largest absolute Gasteiger partial charge is 0.292 e. The Morgan fingerprint density at radius 2 is 1.90 bits per heavy atom. The first-order valence-electron chi connectivity index (χ1n) is 3.72. The Morgan fingerprint density at radius 3 is 2.20 bits per heavy atom. The van der Waals surface area contributed by atoms with E-state index in [0.717, 1.165) is 12.8 Å². The highest BCUT2D eigenvalue weighted by molar-refractivity contribution is 5.72. The van der Waals surface area contributed by atoms with Gasteiger partial charge in [-0.05, 0) is 12.8 Å². The number of amides is 1. The molecule has 2 N–H and O–H groups in total. The van der Waals surface area contributed by atoms with Gasteiger partial charge in [-0.1, -0.05) is 13.8 Å². The van der Waals surface area contributed by atoms with Crippen LogP contribution in [-0.4, -0.2) is 11.9 Å². The molecular weight excluding hydrogens is 128 g/mol. The molecule has 3 nitrogen and oxygen atoms in total. The van der Waals surface area contributed by atoms with Crippen molar-refractivity contribution in [2.75, 3.05) is 0 Å². The Morgan fingerprint density at radius 1 is 1.40 bits per heavy atom. The standard InChI is InChI=1S/C7H16N2O/c1-4-7(5-2)9-8-6(3)10/h7,9H,4-5H2,1-3H3,(H,8,10). The average Bonchev–Trinajstić information content (AvgIpc) is 1.90. The van der Waals surface area contributed by atoms with Gasteiger partial charge in [0.25, 0.3) is 0 Å². The van der Waals surface area contributed by atoms with Crippen molar-refractivity contribution in [1.82, 2.24) is 10.9 Å². The van der Waals surface area contributed by atoms with Crippen molar-refractivity contribution < 1.29 is 4.79 Å². The van der Waals surface area contributed by atoms with Crippen LogP contribution in [0.25, 0.3) is 0 Å². The number of carbonyl (C=O) groups is 1. The molecule has 0 fully saturated rings. The van der Waals surface area contributed by atoms with Crippen LogP contribution in [0.15, 0.2) is 0 Å². The van der Waals surface area contributed by atoms with E-state index in [2.05, 4.69) is 24.7 Å². The van der Waals surface area contributed by atoms with Gasteiger partial charge >= 0.3 is 0 Å². The van der Waals surface area contributed by atoms with Gasteiger partial charge < -0.3 is 0 Å². The van der Waals surface area contributed by atoms with E-state index >= 15 is 0 Å². The Kier molecular flexibility index (Phi) is 4.94. The van der Waals surface area contributed by atoms with E-state index in [1.54, 1.807) is 0 Å². The highest BCUT2D eigenvalue weighted by atomic mass is 16.2. The second-order valence-electron chi connectivity index (χ2n) is 2.34. The molecule has 0 atom stereocenters. The molecule has 0 bridgehead atoms. The highest BCUT2D eigenvalue weighted by Crippen LogP contribution is 1.92. The Balaban J connectivity index is 3.34. The van der Waals surface area contributed by atoms with Gasteiger partial charge in [-0.15, -0.1) is 0 Å². The third kappa shape index (κ3) is 4.32. The summed E-state index contributed by atoms with van der Waals surface area (Å²) in [5.74, 6) is -0.0353. The predicted molar refractivity (Wildman–Crippen MR) is 41.3 cm³/mol. The van der Waals surface area contributed by atoms with Crippen LogP contribution in [0.2, 0.25) is 0 Å². The van der Waals surface area contributed by atoms with Gasteiger partial charge in [0.2, 0.25) is 5.91 Å². The zero-order chi connectivity index (χ0) is 7.98. The fourth-order valence-corrected chi connectivity index (χ4v) is 0.696. The van der Waals surface area contributed by atoms with Crippen LogP contribution in [0.3, 0.4) is 0 Å². The van der Waals surface area contributed by atoms with Gasteiger partial charge in [0.1, 0.15) is 0 Å². The molecule has 3 heteroatoms. The summed E-state index contributed by atoms with van der Waals surface area (Å²) in [7, 11) is 0. The first-order chi connectivity index (χ1) is 4.70. The van der Waals surface area contributed by atoms with Crippen LogP contribution >= 0.6 is 0 Å². The van der Waals surface area contributed by atoms with Gasteiger partial charge in [0.15, 0.2) is 0 Å². The van der Waals surface area contributed by atoms with Crippen LogP contribution in [0.5, 0.6) is 0 Å². The molecule has 0 aliphatic carbocycles. The van der Waals surface area contributed by atoms with E-state index in [9.17, 15) is 4.79 Å². The van der Waals surface area contributed by atoms with E-state index in [-0.39, 0.29) is 5.91 Å². The van der Waals surface area contributed by atoms with Crippen molar-refractivity contribution in [3.05, 3.63) is 0 Å². The zero-order valence-electron chi connectivity index (χ0n) is 6.90. The van der Waals surface area contributed by atoms with Crippen molar-refractivity contribution in [3.63, 3.8) is 0 Å². The van der Waals surface area contributed by atoms with Gasteiger partial charge in [-0.2, -0.15) is 0 Å². The van der Waals surface area contributed by atoms with Crippen LogP contribution in [0.1, 0.15) is 33.6 Å². The average molecular weight is 144 g/mol. The fourth-order valence-electron chi connectivity index (χ4n) is 0.696. The summed E-state index contributed by atoms with van der Waals surface area (Å²) in [4.78, 5) is 10.4. The molecular formula is C7H16N2O. The van der Waals surface area contributed by atoms with E-state index in [4.69, 9.17) is 0 Å². The molecule has 1 amide bonds. The lowest BCUT2D eigenvalue weighted by Crippen LogP contribution is -2.42. The third-order valence-corrected chi connectivity index (χ3v) is 1.44. The smallest absolute Gasteiger partial charge is 0.230 e. The van der Waals surface area contributed by atoms with Crippen molar-refractivity contribution in [2.24, 2.45) is 0 Å². The van der Waals surface area contributed by atoms with Gasteiger partial charge in [0, 0.05) is 13.0 Å². The lowest BCUT2D eigenvalue weighted by Gasteiger charge is -2.13. The van der Waals surface area contributed by atoms with Gasteiger partial charge in [0.05, 0.1) is 0 Å². The molecule has 60 valence electrons. The minimum absolute atomic E-state index is 0.0353. The SMILES string of the molecule is CCC(CC)NNC(C)=O. The number of rotatable bonds is 4. The fraction of sp³-hybridized carbons (Fsp3) is 0.857. The Labute approximate surface area is 62.2 Å². The lowest BCUT2D eigenvalue weighted by atomic mass is 10.2. The Hall–Kier alpha value is -0.570. The minimum Gasteiger partial charge on any atom is -0.292 e. The summed E-state index contributed by atoms with van der Waals surface area (Å²) in [5.41, 5.74) is 5.48. The maximum absolute atomic E-state index is 10.4. The number of hydrogen-bond acceptors (Lipinski definition) is 2. The van der Waals surface area contributed by atoms with E-state index < -0.39 is 0 Å². The van der Waals surface area contributed by atoms with Crippen LogP contribution < -0.4 is 10.9 Å². The van der Waals surface area contributed by atoms with Gasteiger partial charge in [-0.25, -0.2) is 5.43 Å². The molecule has 0 aromatic carbocycles. The topological polar surface area (TPSA) is 41.1 Å². The van der Waals surface area contributed by atoms with E-state index in [0.29, 0.717) is 6.04 Å². The zero-order valence-corrected chi connectivity index (χ0v) is 6.90. The van der Waals surface area contributed by atoms with Crippen LogP contribution in [0, 0.1) is 0 Å². The lowest BCUT2D eigenvalue weighted by molar-refractivity contribution is -0.120. The number of carbonyl (C=O) groups excluding carboxylic acids is 1. The first-order valence-corrected chi connectivity index (χ1v) is 3.72. The molecule has 0 rings (SSSR count). The quantitative estimate of drug-likeness (QED) is 0.573. The monoisotopic (exact) mass is 144 g/mol. The molecule has 0 spiro atoms. The minimum atomic E-state index is -0.0353. The third-order valence-electron chi connectivity index (χ3n) is 1.44. The Bertz CT molecular complexity index is 99.8. The molecule has 0 saturated heterocycles. The maximum Gasteiger partial charge on any atom is 0.230 e.